The largest absolute Gasteiger partial charge is 0.255 e. The number of pyridine rings is 1. The minimum absolute atomic E-state index is 0.750. The molecule has 0 radical (unpaired) electrons. The standard InChI is InChI=1S/C30H41N3/c1-3-5-7-9-10-11-13-15-26-22-32-30(33-23-26)28-20-21-29(31-24-28)27-18-16-25(17-19-27)14-12-8-6-4-2/h16-24H,3-15H2,1-2H3. The molecule has 0 aliphatic carbocycles. The molecule has 0 saturated carbocycles. The summed E-state index contributed by atoms with van der Waals surface area (Å²) in [6, 6.07) is 13.0. The third-order valence-electron chi connectivity index (χ3n) is 6.36. The van der Waals surface area contributed by atoms with Gasteiger partial charge in [-0.3, -0.25) is 4.98 Å². The molecule has 2 aromatic heterocycles. The van der Waals surface area contributed by atoms with Crippen LogP contribution < -0.4 is 0 Å². The van der Waals surface area contributed by atoms with Crippen LogP contribution in [-0.2, 0) is 12.8 Å². The molecule has 3 nitrogen and oxygen atoms in total. The lowest BCUT2D eigenvalue weighted by Gasteiger charge is -2.06. The molecule has 0 amide bonds. The molecule has 0 aliphatic heterocycles. The van der Waals surface area contributed by atoms with Crippen LogP contribution in [0, 0.1) is 0 Å². The van der Waals surface area contributed by atoms with E-state index >= 15 is 0 Å². The van der Waals surface area contributed by atoms with Gasteiger partial charge in [0, 0.05) is 29.7 Å². The van der Waals surface area contributed by atoms with E-state index in [1.807, 2.05) is 18.6 Å². The summed E-state index contributed by atoms with van der Waals surface area (Å²) >= 11 is 0. The van der Waals surface area contributed by atoms with Gasteiger partial charge in [-0.1, -0.05) is 95.9 Å². The first-order chi connectivity index (χ1) is 16.3. The zero-order valence-electron chi connectivity index (χ0n) is 20.7. The summed E-state index contributed by atoms with van der Waals surface area (Å²) in [6.45, 7) is 4.52. The molecule has 0 fully saturated rings. The predicted molar refractivity (Wildman–Crippen MR) is 140 cm³/mol. The molecule has 0 unspecified atom stereocenters. The Bertz CT molecular complexity index is 899. The molecule has 2 heterocycles. The molecule has 3 heteroatoms. The summed E-state index contributed by atoms with van der Waals surface area (Å²) in [4.78, 5) is 13.9. The summed E-state index contributed by atoms with van der Waals surface area (Å²) < 4.78 is 0. The van der Waals surface area contributed by atoms with E-state index in [1.165, 1.54) is 88.2 Å². The normalized spacial score (nSPS) is 11.1. The van der Waals surface area contributed by atoms with Gasteiger partial charge in [0.05, 0.1) is 5.69 Å². The van der Waals surface area contributed by atoms with Crippen molar-refractivity contribution in [2.75, 3.05) is 0 Å². The molecule has 3 rings (SSSR count). The van der Waals surface area contributed by atoms with Gasteiger partial charge in [-0.15, -0.1) is 0 Å². The number of hydrogen-bond donors (Lipinski definition) is 0. The second kappa shape index (κ2) is 14.6. The van der Waals surface area contributed by atoms with Crippen molar-refractivity contribution in [3.05, 3.63) is 66.1 Å². The van der Waals surface area contributed by atoms with E-state index in [2.05, 4.69) is 65.2 Å². The first-order valence-corrected chi connectivity index (χ1v) is 13.2. The van der Waals surface area contributed by atoms with Gasteiger partial charge in [0.1, 0.15) is 0 Å². The Hall–Kier alpha value is -2.55. The smallest absolute Gasteiger partial charge is 0.160 e. The number of benzene rings is 1. The number of aromatic nitrogens is 3. The highest BCUT2D eigenvalue weighted by Gasteiger charge is 2.05. The number of rotatable bonds is 15. The fourth-order valence-corrected chi connectivity index (χ4v) is 4.21. The fraction of sp³-hybridized carbons (Fsp3) is 0.500. The molecule has 33 heavy (non-hydrogen) atoms. The molecule has 3 aromatic rings. The number of nitrogens with zero attached hydrogens (tertiary/aromatic N) is 3. The maximum absolute atomic E-state index is 4.68. The van der Waals surface area contributed by atoms with E-state index in [4.69, 9.17) is 0 Å². The quantitative estimate of drug-likeness (QED) is 0.221. The molecule has 0 bridgehead atoms. The second-order valence-corrected chi connectivity index (χ2v) is 9.23. The predicted octanol–water partition coefficient (Wildman–Crippen LogP) is 8.62. The van der Waals surface area contributed by atoms with Crippen molar-refractivity contribution in [3.8, 4) is 22.6 Å². The monoisotopic (exact) mass is 443 g/mol. The average Bonchev–Trinajstić information content (AvgIpc) is 2.87. The van der Waals surface area contributed by atoms with Crippen LogP contribution in [0.2, 0.25) is 0 Å². The van der Waals surface area contributed by atoms with Gasteiger partial charge in [0.25, 0.3) is 0 Å². The van der Waals surface area contributed by atoms with Crippen LogP contribution in [-0.4, -0.2) is 15.0 Å². The van der Waals surface area contributed by atoms with Gasteiger partial charge in [-0.2, -0.15) is 0 Å². The molecule has 0 spiro atoms. The lowest BCUT2D eigenvalue weighted by molar-refractivity contribution is 0.589. The number of aryl methyl sites for hydroxylation is 2. The Morgan fingerprint density at radius 3 is 1.64 bits per heavy atom. The Morgan fingerprint density at radius 1 is 0.485 bits per heavy atom. The topological polar surface area (TPSA) is 38.7 Å². The molecular formula is C30H41N3. The molecule has 0 aliphatic rings. The van der Waals surface area contributed by atoms with E-state index in [-0.39, 0.29) is 0 Å². The maximum Gasteiger partial charge on any atom is 0.160 e. The van der Waals surface area contributed by atoms with E-state index in [0.717, 1.165) is 29.1 Å². The molecule has 176 valence electrons. The van der Waals surface area contributed by atoms with Gasteiger partial charge in [0.15, 0.2) is 5.82 Å². The Labute approximate surface area is 201 Å². The zero-order chi connectivity index (χ0) is 23.1. The van der Waals surface area contributed by atoms with Crippen LogP contribution in [0.3, 0.4) is 0 Å². The lowest BCUT2D eigenvalue weighted by Crippen LogP contribution is -1.94. The SMILES string of the molecule is CCCCCCCCCc1cnc(-c2ccc(-c3ccc(CCCCCC)cc3)nc2)nc1. The van der Waals surface area contributed by atoms with Crippen LogP contribution in [0.15, 0.2) is 55.0 Å². The summed E-state index contributed by atoms with van der Waals surface area (Å²) in [5.74, 6) is 0.750. The van der Waals surface area contributed by atoms with Crippen molar-refractivity contribution in [1.82, 2.24) is 15.0 Å². The second-order valence-electron chi connectivity index (χ2n) is 9.23. The molecule has 0 N–H and O–H groups in total. The van der Waals surface area contributed by atoms with Crippen LogP contribution in [0.25, 0.3) is 22.6 Å². The van der Waals surface area contributed by atoms with Gasteiger partial charge in [0.2, 0.25) is 0 Å². The van der Waals surface area contributed by atoms with Crippen molar-refractivity contribution in [2.24, 2.45) is 0 Å². The van der Waals surface area contributed by atoms with E-state index in [0.29, 0.717) is 0 Å². The third-order valence-corrected chi connectivity index (χ3v) is 6.36. The highest BCUT2D eigenvalue weighted by Crippen LogP contribution is 2.22. The van der Waals surface area contributed by atoms with Crippen molar-refractivity contribution in [1.29, 1.82) is 0 Å². The van der Waals surface area contributed by atoms with Crippen molar-refractivity contribution >= 4 is 0 Å². The van der Waals surface area contributed by atoms with Crippen molar-refractivity contribution in [3.63, 3.8) is 0 Å². The van der Waals surface area contributed by atoms with Gasteiger partial charge >= 0.3 is 0 Å². The first-order valence-electron chi connectivity index (χ1n) is 13.2. The van der Waals surface area contributed by atoms with Gasteiger partial charge in [-0.25, -0.2) is 9.97 Å². The average molecular weight is 444 g/mol. The van der Waals surface area contributed by atoms with Gasteiger partial charge in [-0.05, 0) is 48.9 Å². The van der Waals surface area contributed by atoms with E-state index < -0.39 is 0 Å². The van der Waals surface area contributed by atoms with E-state index in [1.54, 1.807) is 0 Å². The first kappa shape index (κ1) is 25.1. The Kier molecular flexibility index (Phi) is 11.1. The Balaban J connectivity index is 1.47. The van der Waals surface area contributed by atoms with Crippen molar-refractivity contribution in [2.45, 2.75) is 97.3 Å². The maximum atomic E-state index is 4.68. The van der Waals surface area contributed by atoms with Crippen molar-refractivity contribution < 1.29 is 0 Å². The summed E-state index contributed by atoms with van der Waals surface area (Å²) in [5.41, 5.74) is 5.76. The fourth-order valence-electron chi connectivity index (χ4n) is 4.21. The lowest BCUT2D eigenvalue weighted by atomic mass is 10.0. The van der Waals surface area contributed by atoms with Crippen LogP contribution in [0.5, 0.6) is 0 Å². The molecule has 0 atom stereocenters. The highest BCUT2D eigenvalue weighted by atomic mass is 14.9. The zero-order valence-corrected chi connectivity index (χ0v) is 20.7. The van der Waals surface area contributed by atoms with Crippen LogP contribution in [0.4, 0.5) is 0 Å². The molecule has 0 saturated heterocycles. The number of unbranched alkanes of at least 4 members (excludes halogenated alkanes) is 9. The third kappa shape index (κ3) is 8.72. The molecule has 1 aromatic carbocycles. The minimum atomic E-state index is 0.750. The summed E-state index contributed by atoms with van der Waals surface area (Å²) in [7, 11) is 0. The Morgan fingerprint density at radius 2 is 1.03 bits per heavy atom. The summed E-state index contributed by atoms with van der Waals surface area (Å²) in [6.07, 6.45) is 22.6. The number of hydrogen-bond acceptors (Lipinski definition) is 3. The van der Waals surface area contributed by atoms with Crippen LogP contribution in [0.1, 0.15) is 95.6 Å². The van der Waals surface area contributed by atoms with Gasteiger partial charge < -0.3 is 0 Å². The van der Waals surface area contributed by atoms with E-state index in [9.17, 15) is 0 Å². The summed E-state index contributed by atoms with van der Waals surface area (Å²) in [5, 5.41) is 0. The highest BCUT2D eigenvalue weighted by molar-refractivity contribution is 5.63. The van der Waals surface area contributed by atoms with Crippen LogP contribution >= 0.6 is 0 Å². The molecular weight excluding hydrogens is 402 g/mol. The minimum Gasteiger partial charge on any atom is -0.255 e.